The van der Waals surface area contributed by atoms with E-state index in [1.165, 1.54) is 6.21 Å². The van der Waals surface area contributed by atoms with Crippen LogP contribution in [0.2, 0.25) is 0 Å². The van der Waals surface area contributed by atoms with Crippen LogP contribution in [0.1, 0.15) is 24.0 Å². The molecule has 0 spiro atoms. The second kappa shape index (κ2) is 8.06. The normalized spacial score (nSPS) is 18.0. The van der Waals surface area contributed by atoms with Gasteiger partial charge < -0.3 is 26.8 Å². The van der Waals surface area contributed by atoms with Gasteiger partial charge in [-0.3, -0.25) is 9.59 Å². The minimum Gasteiger partial charge on any atom is -0.480 e. The third kappa shape index (κ3) is 4.78. The number of nitrogens with zero attached hydrogens (tertiary/aromatic N) is 2. The number of amides is 1. The minimum atomic E-state index is -1.17. The Hall–Kier alpha value is -2.94. The number of hydrogen-bond acceptors (Lipinski definition) is 7. The summed E-state index contributed by atoms with van der Waals surface area (Å²) in [6.07, 6.45) is 1.72. The van der Waals surface area contributed by atoms with Gasteiger partial charge in [0.1, 0.15) is 12.1 Å². The van der Waals surface area contributed by atoms with Crippen molar-refractivity contribution in [3.05, 3.63) is 35.4 Å². The van der Waals surface area contributed by atoms with Crippen molar-refractivity contribution in [3.8, 4) is 0 Å². The predicted octanol–water partition coefficient (Wildman–Crippen LogP) is -0.610. The van der Waals surface area contributed by atoms with Gasteiger partial charge in [0.2, 0.25) is 5.91 Å². The highest BCUT2D eigenvalue weighted by Gasteiger charge is 2.25. The van der Waals surface area contributed by atoms with E-state index in [-0.39, 0.29) is 25.0 Å². The van der Waals surface area contributed by atoms with Crippen LogP contribution in [0.3, 0.4) is 0 Å². The van der Waals surface area contributed by atoms with Crippen LogP contribution in [0.4, 0.5) is 0 Å². The van der Waals surface area contributed by atoms with Crippen LogP contribution < -0.4 is 16.9 Å². The van der Waals surface area contributed by atoms with Crippen LogP contribution in [-0.2, 0) is 14.4 Å². The molecule has 9 nitrogen and oxygen atoms in total. The molecule has 2 atom stereocenters. The van der Waals surface area contributed by atoms with Gasteiger partial charge in [0.25, 0.3) is 0 Å². The number of benzene rings is 1. The van der Waals surface area contributed by atoms with Crippen LogP contribution in [0.15, 0.2) is 34.5 Å². The maximum absolute atomic E-state index is 11.8. The number of carboxylic acids is 1. The number of nitrogens with one attached hydrogen (secondary N) is 1. The first kappa shape index (κ1) is 17.4. The molecule has 24 heavy (non-hydrogen) atoms. The summed E-state index contributed by atoms with van der Waals surface area (Å²) in [7, 11) is 0. The summed E-state index contributed by atoms with van der Waals surface area (Å²) in [5.74, 6) is 3.60. The number of hydrogen-bond donors (Lipinski definition) is 4. The first-order valence-electron chi connectivity index (χ1n) is 7.31. The molecule has 0 saturated carbocycles. The first-order valence-corrected chi connectivity index (χ1v) is 7.31. The van der Waals surface area contributed by atoms with Gasteiger partial charge in [0, 0.05) is 13.0 Å². The van der Waals surface area contributed by atoms with Crippen molar-refractivity contribution in [2.24, 2.45) is 21.8 Å². The molecule has 1 heterocycles. The summed E-state index contributed by atoms with van der Waals surface area (Å²) in [5, 5.41) is 18.6. The Morgan fingerprint density at radius 2 is 2.17 bits per heavy atom. The van der Waals surface area contributed by atoms with Gasteiger partial charge in [-0.1, -0.05) is 29.4 Å². The third-order valence-electron chi connectivity index (χ3n) is 3.45. The lowest BCUT2D eigenvalue weighted by Crippen LogP contribution is -2.43. The largest absolute Gasteiger partial charge is 0.480 e. The number of aliphatic carboxylic acids is 1. The molecule has 6 N–H and O–H groups in total. The summed E-state index contributed by atoms with van der Waals surface area (Å²) in [6, 6.07) is 6.31. The van der Waals surface area contributed by atoms with E-state index in [0.717, 1.165) is 16.8 Å². The lowest BCUT2D eigenvalue weighted by Gasteiger charge is -2.10. The second-order valence-electron chi connectivity index (χ2n) is 5.32. The number of carbonyl (C=O) groups excluding carboxylic acids is 1. The molecule has 0 saturated heterocycles. The van der Waals surface area contributed by atoms with Crippen molar-refractivity contribution in [1.82, 2.24) is 5.32 Å². The van der Waals surface area contributed by atoms with Gasteiger partial charge in [0.15, 0.2) is 0 Å². The quantitative estimate of drug-likeness (QED) is 0.297. The molecule has 1 amide bonds. The number of oxime groups is 1. The highest BCUT2D eigenvalue weighted by molar-refractivity contribution is 6.02. The van der Waals surface area contributed by atoms with Crippen molar-refractivity contribution >= 4 is 23.8 Å². The number of nitrogens with two attached hydrogens (primary N) is 2. The predicted molar refractivity (Wildman–Crippen MR) is 87.5 cm³/mol. The van der Waals surface area contributed by atoms with E-state index >= 15 is 0 Å². The average Bonchev–Trinajstić information content (AvgIpc) is 3.02. The van der Waals surface area contributed by atoms with E-state index in [1.807, 2.05) is 24.3 Å². The van der Waals surface area contributed by atoms with Crippen molar-refractivity contribution in [2.75, 3.05) is 6.54 Å². The van der Waals surface area contributed by atoms with Crippen LogP contribution in [0.5, 0.6) is 0 Å². The summed E-state index contributed by atoms with van der Waals surface area (Å²) in [5.41, 5.74) is 7.82. The van der Waals surface area contributed by atoms with Gasteiger partial charge in [-0.05, 0) is 11.1 Å². The van der Waals surface area contributed by atoms with Gasteiger partial charge in [0.05, 0.1) is 18.3 Å². The van der Waals surface area contributed by atoms with Gasteiger partial charge in [-0.15, -0.1) is 0 Å². The van der Waals surface area contributed by atoms with Crippen LogP contribution >= 0.6 is 0 Å². The van der Waals surface area contributed by atoms with Gasteiger partial charge >= 0.3 is 5.97 Å². The van der Waals surface area contributed by atoms with Gasteiger partial charge in [-0.25, -0.2) is 0 Å². The maximum Gasteiger partial charge on any atom is 0.322 e. The Balaban J connectivity index is 1.81. The summed E-state index contributed by atoms with van der Waals surface area (Å²) < 4.78 is 0. The number of hydrazone groups is 1. The highest BCUT2D eigenvalue weighted by atomic mass is 16.6. The molecule has 1 aromatic carbocycles. The highest BCUT2D eigenvalue weighted by Crippen LogP contribution is 2.19. The Morgan fingerprint density at radius 1 is 1.46 bits per heavy atom. The zero-order chi connectivity index (χ0) is 17.5. The Bertz CT molecular complexity index is 656. The van der Waals surface area contributed by atoms with E-state index in [9.17, 15) is 9.59 Å². The fraction of sp³-hybridized carbons (Fsp3) is 0.333. The zero-order valence-electron chi connectivity index (χ0n) is 12.9. The van der Waals surface area contributed by atoms with Crippen LogP contribution in [-0.4, -0.2) is 47.6 Å². The van der Waals surface area contributed by atoms with E-state index in [1.54, 1.807) is 0 Å². The summed E-state index contributed by atoms with van der Waals surface area (Å²) in [4.78, 5) is 27.6. The summed E-state index contributed by atoms with van der Waals surface area (Å²) in [6.45, 7) is -0.126. The Labute approximate surface area is 138 Å². The van der Waals surface area contributed by atoms with Crippen molar-refractivity contribution in [1.29, 1.82) is 0 Å². The van der Waals surface area contributed by atoms with E-state index < -0.39 is 12.0 Å². The molecule has 1 aliphatic rings. The number of carbonyl (C=O) groups is 2. The zero-order valence-corrected chi connectivity index (χ0v) is 12.9. The molecule has 0 bridgehead atoms. The topological polar surface area (TPSA) is 152 Å². The Kier molecular flexibility index (Phi) is 5.85. The average molecular weight is 333 g/mol. The lowest BCUT2D eigenvalue weighted by molar-refractivity contribution is -0.138. The molecule has 128 valence electrons. The molecule has 2 rings (SSSR count). The summed E-state index contributed by atoms with van der Waals surface area (Å²) >= 11 is 0. The SMILES string of the molecule is NN=Cc1ccc(C2=NOC(CC(=O)NC[C@H](N)C(=O)O)C2)cc1. The molecule has 9 heteroatoms. The van der Waals surface area contributed by atoms with E-state index in [2.05, 4.69) is 15.6 Å². The van der Waals surface area contributed by atoms with E-state index in [0.29, 0.717) is 6.42 Å². The maximum atomic E-state index is 11.8. The number of carboxylic acid groups (broad SMARTS) is 1. The van der Waals surface area contributed by atoms with Crippen molar-refractivity contribution in [2.45, 2.75) is 25.0 Å². The molecule has 0 fully saturated rings. The second-order valence-corrected chi connectivity index (χ2v) is 5.32. The smallest absolute Gasteiger partial charge is 0.322 e. The standard InChI is InChI=1S/C15H19N5O4/c16-12(15(22)23)8-18-14(21)6-11-5-13(20-24-11)10-3-1-9(2-4-10)7-19-17/h1-4,7,11-12H,5-6,8,16-17H2,(H,18,21)(H,22,23)/t11?,12-/m0/s1. The molecule has 0 aliphatic carbocycles. The van der Waals surface area contributed by atoms with Crippen molar-refractivity contribution in [3.63, 3.8) is 0 Å². The first-order chi connectivity index (χ1) is 11.5. The van der Waals surface area contributed by atoms with Crippen molar-refractivity contribution < 1.29 is 19.5 Å². The molecule has 0 radical (unpaired) electrons. The van der Waals surface area contributed by atoms with Crippen LogP contribution in [0.25, 0.3) is 0 Å². The van der Waals surface area contributed by atoms with Crippen LogP contribution in [0, 0.1) is 0 Å². The fourth-order valence-electron chi connectivity index (χ4n) is 2.15. The molecule has 1 unspecified atom stereocenters. The lowest BCUT2D eigenvalue weighted by atomic mass is 10.0. The number of rotatable bonds is 7. The molecular weight excluding hydrogens is 314 g/mol. The van der Waals surface area contributed by atoms with E-state index in [4.69, 9.17) is 21.5 Å². The molecule has 0 aromatic heterocycles. The molecule has 1 aliphatic heterocycles. The Morgan fingerprint density at radius 3 is 2.79 bits per heavy atom. The third-order valence-corrected chi connectivity index (χ3v) is 3.45. The molecular formula is C15H19N5O4. The van der Waals surface area contributed by atoms with Gasteiger partial charge in [-0.2, -0.15) is 5.10 Å². The molecule has 1 aromatic rings. The minimum absolute atomic E-state index is 0.0806. The fourth-order valence-corrected chi connectivity index (χ4v) is 2.15. The monoisotopic (exact) mass is 333 g/mol.